The first-order valence-corrected chi connectivity index (χ1v) is 9.76. The fourth-order valence-electron chi connectivity index (χ4n) is 3.25. The molecule has 0 unspecified atom stereocenters. The average molecular weight is 415 g/mol. The molecule has 2 aromatic rings. The van der Waals surface area contributed by atoms with E-state index in [0.717, 1.165) is 16.8 Å². The van der Waals surface area contributed by atoms with Gasteiger partial charge in [0.15, 0.2) is 17.6 Å². The molecule has 0 aliphatic carbocycles. The van der Waals surface area contributed by atoms with E-state index in [4.69, 9.17) is 14.3 Å². The highest BCUT2D eigenvalue weighted by atomic mass is 19.1. The van der Waals surface area contributed by atoms with Gasteiger partial charge in [-0.2, -0.15) is 0 Å². The first-order chi connectivity index (χ1) is 14.5. The van der Waals surface area contributed by atoms with Crippen molar-refractivity contribution in [2.75, 3.05) is 27.3 Å². The van der Waals surface area contributed by atoms with Crippen LogP contribution in [0, 0.1) is 5.82 Å². The van der Waals surface area contributed by atoms with Crippen LogP contribution < -0.4 is 14.8 Å². The van der Waals surface area contributed by atoms with Crippen molar-refractivity contribution in [2.24, 2.45) is 5.16 Å². The molecule has 30 heavy (non-hydrogen) atoms. The number of urea groups is 1. The second-order valence-corrected chi connectivity index (χ2v) is 6.88. The fraction of sp³-hybridized carbons (Fsp3) is 0.364. The van der Waals surface area contributed by atoms with Gasteiger partial charge in [-0.1, -0.05) is 17.3 Å². The molecule has 1 heterocycles. The Labute approximate surface area is 175 Å². The molecule has 0 fully saturated rings. The second kappa shape index (κ2) is 9.96. The van der Waals surface area contributed by atoms with Crippen LogP contribution in [0.3, 0.4) is 0 Å². The second-order valence-electron chi connectivity index (χ2n) is 6.88. The first-order valence-electron chi connectivity index (χ1n) is 9.76. The number of benzene rings is 2. The van der Waals surface area contributed by atoms with Crippen molar-refractivity contribution in [3.63, 3.8) is 0 Å². The Morgan fingerprint density at radius 3 is 2.60 bits per heavy atom. The number of rotatable bonds is 8. The summed E-state index contributed by atoms with van der Waals surface area (Å²) < 4.78 is 23.8. The Balaban J connectivity index is 1.68. The number of halogens is 1. The molecule has 0 saturated carbocycles. The molecule has 2 aromatic carbocycles. The van der Waals surface area contributed by atoms with E-state index in [1.165, 1.54) is 12.1 Å². The van der Waals surface area contributed by atoms with Crippen molar-refractivity contribution < 1.29 is 23.5 Å². The van der Waals surface area contributed by atoms with Gasteiger partial charge in [0.25, 0.3) is 0 Å². The van der Waals surface area contributed by atoms with Crippen LogP contribution >= 0.6 is 0 Å². The Morgan fingerprint density at radius 2 is 1.93 bits per heavy atom. The van der Waals surface area contributed by atoms with Gasteiger partial charge in [0.05, 0.1) is 26.5 Å². The summed E-state index contributed by atoms with van der Waals surface area (Å²) in [6.45, 7) is 3.07. The Morgan fingerprint density at radius 1 is 1.20 bits per heavy atom. The smallest absolute Gasteiger partial charge is 0.317 e. The van der Waals surface area contributed by atoms with Crippen molar-refractivity contribution in [1.82, 2.24) is 10.2 Å². The number of oxime groups is 1. The molecule has 0 bridgehead atoms. The standard InChI is InChI=1S/C22H26FN3O4/c1-4-24-22(27)26(13-15-5-8-17(23)9-6-15)14-18-12-19(25-30-18)16-7-10-20(28-2)21(11-16)29-3/h5-11,18H,4,12-14H2,1-3H3,(H,24,27)/t18-/m1/s1. The van der Waals surface area contributed by atoms with E-state index in [1.54, 1.807) is 31.3 Å². The maximum absolute atomic E-state index is 13.2. The van der Waals surface area contributed by atoms with Crippen LogP contribution in [0.1, 0.15) is 24.5 Å². The van der Waals surface area contributed by atoms with Gasteiger partial charge in [-0.05, 0) is 42.8 Å². The third kappa shape index (κ3) is 5.20. The lowest BCUT2D eigenvalue weighted by Gasteiger charge is -2.25. The number of hydrogen-bond acceptors (Lipinski definition) is 5. The zero-order valence-electron chi connectivity index (χ0n) is 17.4. The Bertz CT molecular complexity index is 902. The maximum atomic E-state index is 13.2. The van der Waals surface area contributed by atoms with E-state index in [9.17, 15) is 9.18 Å². The predicted octanol–water partition coefficient (Wildman–Crippen LogP) is 3.57. The van der Waals surface area contributed by atoms with E-state index in [2.05, 4.69) is 10.5 Å². The normalized spacial score (nSPS) is 15.2. The van der Waals surface area contributed by atoms with Gasteiger partial charge >= 0.3 is 6.03 Å². The summed E-state index contributed by atoms with van der Waals surface area (Å²) in [5.41, 5.74) is 2.48. The van der Waals surface area contributed by atoms with E-state index in [0.29, 0.717) is 37.6 Å². The summed E-state index contributed by atoms with van der Waals surface area (Å²) >= 11 is 0. The van der Waals surface area contributed by atoms with Gasteiger partial charge in [0.2, 0.25) is 0 Å². The van der Waals surface area contributed by atoms with Gasteiger partial charge in [-0.25, -0.2) is 9.18 Å². The van der Waals surface area contributed by atoms with Crippen LogP contribution in [0.4, 0.5) is 9.18 Å². The molecule has 0 radical (unpaired) electrons. The monoisotopic (exact) mass is 415 g/mol. The van der Waals surface area contributed by atoms with Crippen molar-refractivity contribution in [2.45, 2.75) is 26.0 Å². The molecule has 160 valence electrons. The molecule has 1 N–H and O–H groups in total. The topological polar surface area (TPSA) is 72.4 Å². The summed E-state index contributed by atoms with van der Waals surface area (Å²) in [4.78, 5) is 19.8. The molecule has 0 aromatic heterocycles. The number of ether oxygens (including phenoxy) is 2. The molecule has 1 atom stereocenters. The largest absolute Gasteiger partial charge is 0.493 e. The maximum Gasteiger partial charge on any atom is 0.317 e. The van der Waals surface area contributed by atoms with E-state index in [1.807, 2.05) is 25.1 Å². The molecule has 0 spiro atoms. The quantitative estimate of drug-likeness (QED) is 0.716. The highest BCUT2D eigenvalue weighted by molar-refractivity contribution is 6.01. The van der Waals surface area contributed by atoms with Gasteiger partial charge in [-0.15, -0.1) is 0 Å². The number of nitrogens with zero attached hydrogens (tertiary/aromatic N) is 2. The highest BCUT2D eigenvalue weighted by Crippen LogP contribution is 2.29. The number of carbonyl (C=O) groups excluding carboxylic acids is 1. The molecule has 7 nitrogen and oxygen atoms in total. The molecule has 1 aliphatic heterocycles. The van der Waals surface area contributed by atoms with Crippen LogP contribution in [-0.2, 0) is 11.4 Å². The number of carbonyl (C=O) groups is 1. The van der Waals surface area contributed by atoms with E-state index < -0.39 is 0 Å². The summed E-state index contributed by atoms with van der Waals surface area (Å²) in [6, 6.07) is 11.5. The van der Waals surface area contributed by atoms with Crippen LogP contribution in [0.2, 0.25) is 0 Å². The molecule has 1 aliphatic rings. The minimum Gasteiger partial charge on any atom is -0.493 e. The number of hydrogen-bond donors (Lipinski definition) is 1. The zero-order valence-corrected chi connectivity index (χ0v) is 17.4. The fourth-order valence-corrected chi connectivity index (χ4v) is 3.25. The van der Waals surface area contributed by atoms with Gasteiger partial charge in [0, 0.05) is 25.1 Å². The molecule has 3 rings (SSSR count). The van der Waals surface area contributed by atoms with Crippen molar-refractivity contribution in [3.05, 3.63) is 59.4 Å². The van der Waals surface area contributed by atoms with Crippen LogP contribution in [-0.4, -0.2) is 50.1 Å². The molecule has 0 saturated heterocycles. The zero-order chi connectivity index (χ0) is 21.5. The molecular formula is C22H26FN3O4. The summed E-state index contributed by atoms with van der Waals surface area (Å²) in [7, 11) is 3.16. The van der Waals surface area contributed by atoms with Crippen molar-refractivity contribution >= 4 is 11.7 Å². The number of methoxy groups -OCH3 is 2. The first kappa shape index (κ1) is 21.4. The lowest BCUT2D eigenvalue weighted by molar-refractivity contribution is 0.0590. The summed E-state index contributed by atoms with van der Waals surface area (Å²) in [5, 5.41) is 7.02. The molecule has 2 amide bonds. The van der Waals surface area contributed by atoms with Gasteiger partial charge in [0.1, 0.15) is 5.82 Å². The third-order valence-electron chi connectivity index (χ3n) is 4.78. The van der Waals surface area contributed by atoms with E-state index >= 15 is 0 Å². The van der Waals surface area contributed by atoms with E-state index in [-0.39, 0.29) is 18.0 Å². The van der Waals surface area contributed by atoms with Crippen molar-refractivity contribution in [1.29, 1.82) is 0 Å². The number of amides is 2. The van der Waals surface area contributed by atoms with Crippen LogP contribution in [0.25, 0.3) is 0 Å². The average Bonchev–Trinajstić information content (AvgIpc) is 3.23. The lowest BCUT2D eigenvalue weighted by Crippen LogP contribution is -2.43. The Kier molecular flexibility index (Phi) is 7.11. The van der Waals surface area contributed by atoms with Crippen LogP contribution in [0.15, 0.2) is 47.6 Å². The summed E-state index contributed by atoms with van der Waals surface area (Å²) in [6.07, 6.45) is 0.269. The van der Waals surface area contributed by atoms with Crippen molar-refractivity contribution in [3.8, 4) is 11.5 Å². The SMILES string of the molecule is CCNC(=O)N(Cc1ccc(F)cc1)C[C@H]1CC(c2ccc(OC)c(OC)c2)=NO1. The lowest BCUT2D eigenvalue weighted by atomic mass is 10.0. The molecule has 8 heteroatoms. The summed E-state index contributed by atoms with van der Waals surface area (Å²) in [5.74, 6) is 0.941. The molecular weight excluding hydrogens is 389 g/mol. The van der Waals surface area contributed by atoms with Gasteiger partial charge < -0.3 is 24.5 Å². The minimum absolute atomic E-state index is 0.204. The minimum atomic E-state index is -0.310. The highest BCUT2D eigenvalue weighted by Gasteiger charge is 2.27. The van der Waals surface area contributed by atoms with Crippen LogP contribution in [0.5, 0.6) is 11.5 Å². The van der Waals surface area contributed by atoms with Gasteiger partial charge in [-0.3, -0.25) is 0 Å². The third-order valence-corrected chi connectivity index (χ3v) is 4.78. The predicted molar refractivity (Wildman–Crippen MR) is 111 cm³/mol. The Hall–Kier alpha value is -3.29. The number of nitrogens with one attached hydrogen (secondary N) is 1.